The SMILES string of the molecule is CC(C)(C)SSS(=O)(=O)C(C)(C)C. The number of rotatable bonds is 2. The third-order valence-corrected chi connectivity index (χ3v) is 9.34. The molecule has 0 rings (SSSR count). The molecule has 0 heterocycles. The van der Waals surface area contributed by atoms with Crippen molar-refractivity contribution < 1.29 is 8.42 Å². The lowest BCUT2D eigenvalue weighted by Crippen LogP contribution is -2.24. The molecule has 0 aromatic carbocycles. The molecule has 0 saturated heterocycles. The minimum atomic E-state index is -3.05. The van der Waals surface area contributed by atoms with E-state index in [0.717, 1.165) is 9.83 Å². The molecule has 0 saturated carbocycles. The largest absolute Gasteiger partial charge is 0.216 e. The highest BCUT2D eigenvalue weighted by Gasteiger charge is 2.31. The fourth-order valence-corrected chi connectivity index (χ4v) is 6.72. The Bertz CT molecular complexity index is 254. The Morgan fingerprint density at radius 3 is 1.54 bits per heavy atom. The van der Waals surface area contributed by atoms with E-state index in [1.54, 1.807) is 20.8 Å². The summed E-state index contributed by atoms with van der Waals surface area (Å²) in [7, 11) is -0.674. The quantitative estimate of drug-likeness (QED) is 0.696. The van der Waals surface area contributed by atoms with E-state index in [-0.39, 0.29) is 4.75 Å². The van der Waals surface area contributed by atoms with Crippen LogP contribution in [0.1, 0.15) is 41.5 Å². The van der Waals surface area contributed by atoms with Crippen molar-refractivity contribution in [1.29, 1.82) is 0 Å². The lowest BCUT2D eigenvalue weighted by Gasteiger charge is -2.21. The topological polar surface area (TPSA) is 34.1 Å². The van der Waals surface area contributed by atoms with Crippen molar-refractivity contribution in [2.24, 2.45) is 0 Å². The van der Waals surface area contributed by atoms with Gasteiger partial charge in [-0.05, 0) is 20.8 Å². The molecular weight excluding hydrogens is 224 g/mol. The number of hydrogen-bond acceptors (Lipinski definition) is 4. The summed E-state index contributed by atoms with van der Waals surface area (Å²) in [6.07, 6.45) is 0. The van der Waals surface area contributed by atoms with Gasteiger partial charge in [-0.2, -0.15) is 0 Å². The summed E-state index contributed by atoms with van der Waals surface area (Å²) in [6, 6.07) is 0. The fourth-order valence-electron chi connectivity index (χ4n) is 0.249. The maximum Gasteiger partial charge on any atom is 0.216 e. The van der Waals surface area contributed by atoms with E-state index in [0.29, 0.717) is 0 Å². The van der Waals surface area contributed by atoms with Crippen LogP contribution in [0.5, 0.6) is 0 Å². The van der Waals surface area contributed by atoms with Crippen molar-refractivity contribution in [2.45, 2.75) is 51.0 Å². The van der Waals surface area contributed by atoms with Gasteiger partial charge < -0.3 is 0 Å². The van der Waals surface area contributed by atoms with Gasteiger partial charge in [0.2, 0.25) is 8.87 Å². The van der Waals surface area contributed by atoms with Crippen molar-refractivity contribution in [3.8, 4) is 0 Å². The first-order chi connectivity index (χ1) is 5.46. The van der Waals surface area contributed by atoms with Crippen LogP contribution in [-0.2, 0) is 8.87 Å². The zero-order valence-electron chi connectivity index (χ0n) is 9.04. The first kappa shape index (κ1) is 13.7. The normalized spacial score (nSPS) is 14.6. The molecule has 80 valence electrons. The second kappa shape index (κ2) is 4.03. The van der Waals surface area contributed by atoms with Gasteiger partial charge in [-0.3, -0.25) is 0 Å². The maximum absolute atomic E-state index is 11.6. The van der Waals surface area contributed by atoms with Gasteiger partial charge in [-0.15, -0.1) is 0 Å². The molecule has 0 aliphatic carbocycles. The summed E-state index contributed by atoms with van der Waals surface area (Å²) in [5, 5.41) is 0. The number of hydrogen-bond donors (Lipinski definition) is 0. The Morgan fingerprint density at radius 2 is 1.31 bits per heavy atom. The standard InChI is InChI=1S/C8H18O2S3/c1-7(2,3)11-12-13(9,10)8(4,5)6/h1-6H3. The minimum Gasteiger partial charge on any atom is -0.216 e. The van der Waals surface area contributed by atoms with Crippen molar-refractivity contribution >= 4 is 29.5 Å². The van der Waals surface area contributed by atoms with E-state index in [1.165, 1.54) is 10.8 Å². The molecule has 0 unspecified atom stereocenters. The highest BCUT2D eigenvalue weighted by atomic mass is 33.5. The van der Waals surface area contributed by atoms with Crippen LogP contribution in [0.4, 0.5) is 0 Å². The summed E-state index contributed by atoms with van der Waals surface area (Å²) in [5.74, 6) is 0. The summed E-state index contributed by atoms with van der Waals surface area (Å²) in [4.78, 5) is 0. The fraction of sp³-hybridized carbons (Fsp3) is 1.00. The van der Waals surface area contributed by atoms with Gasteiger partial charge in [0.1, 0.15) is 0 Å². The summed E-state index contributed by atoms with van der Waals surface area (Å²) in [5.41, 5.74) is 0. The highest BCUT2D eigenvalue weighted by Crippen LogP contribution is 2.43. The highest BCUT2D eigenvalue weighted by molar-refractivity contribution is 9.07. The van der Waals surface area contributed by atoms with Crippen LogP contribution in [0.15, 0.2) is 0 Å². The second-order valence-electron chi connectivity index (χ2n) is 4.83. The Hall–Kier alpha value is 0.650. The third kappa shape index (κ3) is 5.18. The van der Waals surface area contributed by atoms with Crippen LogP contribution < -0.4 is 0 Å². The zero-order chi connectivity index (χ0) is 10.9. The smallest absolute Gasteiger partial charge is 0.216 e. The van der Waals surface area contributed by atoms with Crippen LogP contribution in [0.2, 0.25) is 0 Å². The summed E-state index contributed by atoms with van der Waals surface area (Å²) >= 11 is 0. The molecule has 0 aromatic heterocycles. The molecule has 0 radical (unpaired) electrons. The average molecular weight is 242 g/mol. The van der Waals surface area contributed by atoms with Crippen molar-refractivity contribution in [3.63, 3.8) is 0 Å². The van der Waals surface area contributed by atoms with Gasteiger partial charge in [0.15, 0.2) is 0 Å². The lowest BCUT2D eigenvalue weighted by atomic mass is 10.3. The molecule has 0 aliphatic heterocycles. The molecule has 0 fully saturated rings. The molecule has 0 atom stereocenters. The first-order valence-electron chi connectivity index (χ1n) is 4.07. The first-order valence-corrected chi connectivity index (χ1v) is 8.22. The van der Waals surface area contributed by atoms with E-state index in [1.807, 2.05) is 20.8 Å². The van der Waals surface area contributed by atoms with Gasteiger partial charge in [0, 0.05) is 14.6 Å². The Morgan fingerprint density at radius 1 is 0.923 bits per heavy atom. The molecule has 0 aromatic rings. The van der Waals surface area contributed by atoms with Gasteiger partial charge in [0.25, 0.3) is 0 Å². The van der Waals surface area contributed by atoms with E-state index in [4.69, 9.17) is 0 Å². The van der Waals surface area contributed by atoms with Crippen molar-refractivity contribution in [1.82, 2.24) is 0 Å². The zero-order valence-corrected chi connectivity index (χ0v) is 11.5. The average Bonchev–Trinajstić information content (AvgIpc) is 1.79. The molecule has 13 heavy (non-hydrogen) atoms. The summed E-state index contributed by atoms with van der Waals surface area (Å²) in [6.45, 7) is 11.2. The van der Waals surface area contributed by atoms with Crippen LogP contribution in [-0.4, -0.2) is 17.9 Å². The Balaban J connectivity index is 4.40. The van der Waals surface area contributed by atoms with Crippen LogP contribution in [0.3, 0.4) is 0 Å². The molecule has 0 N–H and O–H groups in total. The van der Waals surface area contributed by atoms with E-state index < -0.39 is 13.6 Å². The predicted molar refractivity (Wildman–Crippen MR) is 63.6 cm³/mol. The lowest BCUT2D eigenvalue weighted by molar-refractivity contribution is 0.577. The second-order valence-corrected chi connectivity index (χ2v) is 11.9. The molecule has 0 bridgehead atoms. The van der Waals surface area contributed by atoms with Crippen molar-refractivity contribution in [3.05, 3.63) is 0 Å². The monoisotopic (exact) mass is 242 g/mol. The molecule has 0 spiro atoms. The van der Waals surface area contributed by atoms with Crippen LogP contribution >= 0.6 is 20.6 Å². The molecule has 0 amide bonds. The van der Waals surface area contributed by atoms with Gasteiger partial charge in [-0.25, -0.2) is 8.42 Å². The van der Waals surface area contributed by atoms with E-state index in [9.17, 15) is 8.42 Å². The minimum absolute atomic E-state index is 0.0248. The Kier molecular flexibility index (Phi) is 4.23. The van der Waals surface area contributed by atoms with Crippen LogP contribution in [0, 0.1) is 0 Å². The van der Waals surface area contributed by atoms with Gasteiger partial charge in [-0.1, -0.05) is 31.6 Å². The predicted octanol–water partition coefficient (Wildman–Crippen LogP) is 3.29. The van der Waals surface area contributed by atoms with Gasteiger partial charge >= 0.3 is 0 Å². The Labute approximate surface area is 89.0 Å². The molecule has 0 aliphatic rings. The maximum atomic E-state index is 11.6. The summed E-state index contributed by atoms with van der Waals surface area (Å²) < 4.78 is 22.6. The third-order valence-electron chi connectivity index (χ3n) is 1.12. The van der Waals surface area contributed by atoms with E-state index in [2.05, 4.69) is 0 Å². The van der Waals surface area contributed by atoms with Gasteiger partial charge in [0.05, 0.1) is 4.75 Å². The molecular formula is C8H18O2S3. The van der Waals surface area contributed by atoms with E-state index >= 15 is 0 Å². The van der Waals surface area contributed by atoms with Crippen molar-refractivity contribution in [2.75, 3.05) is 0 Å². The van der Waals surface area contributed by atoms with Crippen LogP contribution in [0.25, 0.3) is 0 Å². The molecule has 5 heteroatoms. The molecule has 2 nitrogen and oxygen atoms in total.